The molecule has 0 aliphatic carbocycles. The van der Waals surface area contributed by atoms with Gasteiger partial charge in [-0.2, -0.15) is 0 Å². The average Bonchev–Trinajstić information content (AvgIpc) is 2.71. The maximum absolute atomic E-state index is 11.8. The number of benzene rings is 1. The van der Waals surface area contributed by atoms with Gasteiger partial charge in [-0.05, 0) is 30.0 Å². The predicted molar refractivity (Wildman–Crippen MR) is 71.1 cm³/mol. The van der Waals surface area contributed by atoms with Crippen molar-refractivity contribution < 1.29 is 9.59 Å². The standard InChI is InChI=1S/C13H11BrN2O2/c14-8-2-1-7-5-11(15-10(7)6-8)9-3-4-12(17)16-13(9)18/h1-2,5-6,9,15H,3-4H2,(H,16,17,18). The molecule has 92 valence electrons. The van der Waals surface area contributed by atoms with Gasteiger partial charge >= 0.3 is 0 Å². The molecule has 2 amide bonds. The molecular weight excluding hydrogens is 296 g/mol. The van der Waals surface area contributed by atoms with Crippen LogP contribution in [0.4, 0.5) is 0 Å². The molecule has 0 bridgehead atoms. The number of carbonyl (C=O) groups is 2. The van der Waals surface area contributed by atoms with Crippen molar-refractivity contribution in [2.45, 2.75) is 18.8 Å². The summed E-state index contributed by atoms with van der Waals surface area (Å²) >= 11 is 3.41. The number of hydrogen-bond donors (Lipinski definition) is 2. The zero-order chi connectivity index (χ0) is 12.7. The summed E-state index contributed by atoms with van der Waals surface area (Å²) in [5, 5.41) is 3.44. The molecule has 2 N–H and O–H groups in total. The van der Waals surface area contributed by atoms with Gasteiger partial charge in [0, 0.05) is 22.1 Å². The Morgan fingerprint density at radius 3 is 2.83 bits per heavy atom. The van der Waals surface area contributed by atoms with Gasteiger partial charge in [-0.3, -0.25) is 14.9 Å². The first-order valence-corrected chi connectivity index (χ1v) is 6.54. The van der Waals surface area contributed by atoms with Crippen molar-refractivity contribution in [1.29, 1.82) is 0 Å². The number of nitrogens with one attached hydrogen (secondary N) is 2. The highest BCUT2D eigenvalue weighted by atomic mass is 79.9. The summed E-state index contributed by atoms with van der Waals surface area (Å²) in [6, 6.07) is 7.91. The summed E-state index contributed by atoms with van der Waals surface area (Å²) < 4.78 is 0.992. The molecule has 1 aliphatic heterocycles. The number of rotatable bonds is 1. The van der Waals surface area contributed by atoms with Crippen LogP contribution in [-0.4, -0.2) is 16.8 Å². The number of halogens is 1. The Morgan fingerprint density at radius 2 is 2.06 bits per heavy atom. The van der Waals surface area contributed by atoms with Crippen LogP contribution in [0.5, 0.6) is 0 Å². The zero-order valence-electron chi connectivity index (χ0n) is 9.50. The van der Waals surface area contributed by atoms with Crippen molar-refractivity contribution in [3.05, 3.63) is 34.4 Å². The third-order valence-electron chi connectivity index (χ3n) is 3.22. The smallest absolute Gasteiger partial charge is 0.235 e. The molecule has 1 unspecified atom stereocenters. The second-order valence-electron chi connectivity index (χ2n) is 4.46. The monoisotopic (exact) mass is 306 g/mol. The van der Waals surface area contributed by atoms with Gasteiger partial charge in [0.25, 0.3) is 0 Å². The zero-order valence-corrected chi connectivity index (χ0v) is 11.1. The lowest BCUT2D eigenvalue weighted by Crippen LogP contribution is -2.39. The molecule has 5 heteroatoms. The van der Waals surface area contributed by atoms with E-state index in [9.17, 15) is 9.59 Å². The van der Waals surface area contributed by atoms with Crippen molar-refractivity contribution in [2.75, 3.05) is 0 Å². The second kappa shape index (κ2) is 4.24. The summed E-state index contributed by atoms with van der Waals surface area (Å²) in [5.41, 5.74) is 1.86. The van der Waals surface area contributed by atoms with Crippen LogP contribution in [0.1, 0.15) is 24.5 Å². The Morgan fingerprint density at radius 1 is 1.22 bits per heavy atom. The lowest BCUT2D eigenvalue weighted by molar-refractivity contribution is -0.134. The van der Waals surface area contributed by atoms with Crippen LogP contribution in [0.25, 0.3) is 10.9 Å². The van der Waals surface area contributed by atoms with E-state index in [1.54, 1.807) is 0 Å². The molecule has 4 nitrogen and oxygen atoms in total. The molecule has 1 atom stereocenters. The molecular formula is C13H11BrN2O2. The largest absolute Gasteiger partial charge is 0.358 e. The van der Waals surface area contributed by atoms with Crippen molar-refractivity contribution in [1.82, 2.24) is 10.3 Å². The van der Waals surface area contributed by atoms with Gasteiger partial charge in [0.2, 0.25) is 11.8 Å². The van der Waals surface area contributed by atoms with E-state index < -0.39 is 0 Å². The molecule has 1 saturated heterocycles. The lowest BCUT2D eigenvalue weighted by atomic mass is 9.95. The fourth-order valence-electron chi connectivity index (χ4n) is 2.30. The van der Waals surface area contributed by atoms with Crippen LogP contribution >= 0.6 is 15.9 Å². The third kappa shape index (κ3) is 1.95. The Labute approximate surface area is 112 Å². The van der Waals surface area contributed by atoms with E-state index in [2.05, 4.69) is 26.2 Å². The third-order valence-corrected chi connectivity index (χ3v) is 3.71. The Balaban J connectivity index is 1.99. The first-order chi connectivity index (χ1) is 8.63. The van der Waals surface area contributed by atoms with E-state index in [1.807, 2.05) is 24.3 Å². The maximum Gasteiger partial charge on any atom is 0.235 e. The molecule has 1 aromatic heterocycles. The highest BCUT2D eigenvalue weighted by Gasteiger charge is 2.28. The molecule has 1 aromatic carbocycles. The van der Waals surface area contributed by atoms with E-state index in [1.165, 1.54) is 0 Å². The van der Waals surface area contributed by atoms with Gasteiger partial charge in [-0.15, -0.1) is 0 Å². The number of amides is 2. The van der Waals surface area contributed by atoms with Crippen LogP contribution in [-0.2, 0) is 9.59 Å². The fraction of sp³-hybridized carbons (Fsp3) is 0.231. The van der Waals surface area contributed by atoms with Gasteiger partial charge < -0.3 is 4.98 Å². The molecule has 0 saturated carbocycles. The number of aromatic amines is 1. The van der Waals surface area contributed by atoms with Crippen molar-refractivity contribution >= 4 is 38.6 Å². The SMILES string of the molecule is O=C1CCC(c2cc3ccc(Br)cc3[nH]2)C(=O)N1. The predicted octanol–water partition coefficient (Wildman–Crippen LogP) is 2.45. The van der Waals surface area contributed by atoms with E-state index in [0.717, 1.165) is 21.1 Å². The van der Waals surface area contributed by atoms with Crippen LogP contribution in [0.2, 0.25) is 0 Å². The summed E-state index contributed by atoms with van der Waals surface area (Å²) in [6.07, 6.45) is 0.966. The maximum atomic E-state index is 11.8. The highest BCUT2D eigenvalue weighted by Crippen LogP contribution is 2.28. The number of hydrogen-bond acceptors (Lipinski definition) is 2. The number of carbonyl (C=O) groups excluding carboxylic acids is 2. The van der Waals surface area contributed by atoms with E-state index >= 15 is 0 Å². The van der Waals surface area contributed by atoms with Gasteiger partial charge in [-0.25, -0.2) is 0 Å². The first-order valence-electron chi connectivity index (χ1n) is 5.75. The molecule has 3 rings (SSSR count). The number of aromatic nitrogens is 1. The number of H-pyrrole nitrogens is 1. The van der Waals surface area contributed by atoms with Crippen LogP contribution < -0.4 is 5.32 Å². The number of fused-ring (bicyclic) bond motifs is 1. The van der Waals surface area contributed by atoms with Crippen molar-refractivity contribution in [2.24, 2.45) is 0 Å². The molecule has 0 radical (unpaired) electrons. The van der Waals surface area contributed by atoms with Gasteiger partial charge in [0.05, 0.1) is 5.92 Å². The Bertz CT molecular complexity index is 647. The second-order valence-corrected chi connectivity index (χ2v) is 5.38. The normalized spacial score (nSPS) is 20.2. The minimum Gasteiger partial charge on any atom is -0.358 e. The minimum absolute atomic E-state index is 0.185. The van der Waals surface area contributed by atoms with Crippen LogP contribution in [0.3, 0.4) is 0 Å². The molecule has 18 heavy (non-hydrogen) atoms. The van der Waals surface area contributed by atoms with Gasteiger partial charge in [0.1, 0.15) is 0 Å². The number of piperidine rings is 1. The van der Waals surface area contributed by atoms with Crippen molar-refractivity contribution in [3.8, 4) is 0 Å². The molecule has 2 heterocycles. The van der Waals surface area contributed by atoms with Gasteiger partial charge in [-0.1, -0.05) is 22.0 Å². The average molecular weight is 307 g/mol. The van der Waals surface area contributed by atoms with E-state index in [4.69, 9.17) is 0 Å². The minimum atomic E-state index is -0.256. The summed E-state index contributed by atoms with van der Waals surface area (Å²) in [6.45, 7) is 0. The van der Waals surface area contributed by atoms with E-state index in [-0.39, 0.29) is 17.7 Å². The summed E-state index contributed by atoms with van der Waals surface area (Å²) in [7, 11) is 0. The van der Waals surface area contributed by atoms with Crippen LogP contribution in [0, 0.1) is 0 Å². The first kappa shape index (κ1) is 11.5. The molecule has 1 aliphatic rings. The number of imide groups is 1. The molecule has 2 aromatic rings. The van der Waals surface area contributed by atoms with Gasteiger partial charge in [0.15, 0.2) is 0 Å². The Hall–Kier alpha value is -1.62. The van der Waals surface area contributed by atoms with Crippen molar-refractivity contribution in [3.63, 3.8) is 0 Å². The summed E-state index contributed by atoms with van der Waals surface area (Å²) in [4.78, 5) is 26.2. The quantitative estimate of drug-likeness (QED) is 0.795. The highest BCUT2D eigenvalue weighted by molar-refractivity contribution is 9.10. The van der Waals surface area contributed by atoms with E-state index in [0.29, 0.717) is 12.8 Å². The van der Waals surface area contributed by atoms with Crippen LogP contribution in [0.15, 0.2) is 28.7 Å². The lowest BCUT2D eigenvalue weighted by Gasteiger charge is -2.19. The fourth-order valence-corrected chi connectivity index (χ4v) is 2.66. The topological polar surface area (TPSA) is 62.0 Å². The molecule has 1 fully saturated rings. The Kier molecular flexibility index (Phi) is 2.70. The molecule has 0 spiro atoms. The summed E-state index contributed by atoms with van der Waals surface area (Å²) in [5.74, 6) is -0.652.